The van der Waals surface area contributed by atoms with Gasteiger partial charge in [-0.2, -0.15) is 0 Å². The van der Waals surface area contributed by atoms with Gasteiger partial charge in [0.15, 0.2) is 5.78 Å². The third kappa shape index (κ3) is 2.78. The number of allylic oxidation sites excluding steroid dienone is 2. The average molecular weight is 371 g/mol. The van der Waals surface area contributed by atoms with Crippen LogP contribution in [0, 0.1) is 0 Å². The molecule has 0 saturated heterocycles. The van der Waals surface area contributed by atoms with Crippen molar-refractivity contribution < 1.29 is 14.3 Å². The molecule has 0 amide bonds. The van der Waals surface area contributed by atoms with E-state index in [2.05, 4.69) is 0 Å². The minimum atomic E-state index is -0.755. The van der Waals surface area contributed by atoms with Gasteiger partial charge < -0.3 is 9.64 Å². The fourth-order valence-corrected chi connectivity index (χ4v) is 3.72. The first-order valence-corrected chi connectivity index (χ1v) is 9.33. The number of nitrogens with zero attached hydrogens (tertiary/aromatic N) is 1. The van der Waals surface area contributed by atoms with E-state index >= 15 is 0 Å². The normalized spacial score (nSPS) is 20.5. The Bertz CT molecular complexity index is 1020. The molecule has 0 aromatic heterocycles. The van der Waals surface area contributed by atoms with E-state index in [-0.39, 0.29) is 11.8 Å². The number of Topliss-reactive ketones (excluding diaryl/α,β-unsaturated/α-hetero) is 1. The van der Waals surface area contributed by atoms with Gasteiger partial charge in [0.25, 0.3) is 0 Å². The van der Waals surface area contributed by atoms with Crippen molar-refractivity contribution in [2.24, 2.45) is 0 Å². The van der Waals surface area contributed by atoms with E-state index in [0.29, 0.717) is 17.7 Å². The highest BCUT2D eigenvalue weighted by Crippen LogP contribution is 2.45. The predicted molar refractivity (Wildman–Crippen MR) is 109 cm³/mol. The SMILES string of the molecule is CCOC(=O)c1ccc(C2=C(c3ccccc3)N3C=CC=CC3(C)C2=O)cc1. The molecule has 0 radical (unpaired) electrons. The van der Waals surface area contributed by atoms with E-state index in [1.807, 2.05) is 78.7 Å². The smallest absolute Gasteiger partial charge is 0.338 e. The summed E-state index contributed by atoms with van der Waals surface area (Å²) >= 11 is 0. The molecule has 1 unspecified atom stereocenters. The lowest BCUT2D eigenvalue weighted by Gasteiger charge is -2.34. The number of hydrogen-bond acceptors (Lipinski definition) is 4. The summed E-state index contributed by atoms with van der Waals surface area (Å²) in [7, 11) is 0. The van der Waals surface area contributed by atoms with Crippen LogP contribution in [0.4, 0.5) is 0 Å². The Morgan fingerprint density at radius 2 is 1.71 bits per heavy atom. The van der Waals surface area contributed by atoms with Crippen LogP contribution >= 0.6 is 0 Å². The second-order valence-corrected chi connectivity index (χ2v) is 6.93. The van der Waals surface area contributed by atoms with Crippen LogP contribution in [0.2, 0.25) is 0 Å². The van der Waals surface area contributed by atoms with Crippen molar-refractivity contribution in [2.45, 2.75) is 19.4 Å². The molecular weight excluding hydrogens is 350 g/mol. The summed E-state index contributed by atoms with van der Waals surface area (Å²) in [6, 6.07) is 17.0. The predicted octanol–water partition coefficient (Wildman–Crippen LogP) is 4.46. The molecule has 2 aliphatic rings. The molecule has 0 N–H and O–H groups in total. The van der Waals surface area contributed by atoms with Gasteiger partial charge in [0.2, 0.25) is 0 Å². The Hall–Kier alpha value is -3.40. The van der Waals surface area contributed by atoms with Crippen LogP contribution in [0.5, 0.6) is 0 Å². The van der Waals surface area contributed by atoms with Gasteiger partial charge in [-0.1, -0.05) is 54.6 Å². The number of rotatable bonds is 4. The second kappa shape index (κ2) is 6.97. The number of carbonyl (C=O) groups is 2. The summed E-state index contributed by atoms with van der Waals surface area (Å²) in [5, 5.41) is 0. The van der Waals surface area contributed by atoms with Gasteiger partial charge >= 0.3 is 5.97 Å². The number of ketones is 1. The fraction of sp³-hybridized carbons (Fsp3) is 0.167. The minimum absolute atomic E-state index is 0.0378. The Balaban J connectivity index is 1.86. The number of benzene rings is 2. The Morgan fingerprint density at radius 3 is 2.39 bits per heavy atom. The van der Waals surface area contributed by atoms with Crippen molar-refractivity contribution in [1.29, 1.82) is 0 Å². The molecule has 0 saturated carbocycles. The fourth-order valence-electron chi connectivity index (χ4n) is 3.72. The quantitative estimate of drug-likeness (QED) is 0.745. The molecular formula is C24H21NO3. The Morgan fingerprint density at radius 1 is 1.00 bits per heavy atom. The highest BCUT2D eigenvalue weighted by atomic mass is 16.5. The molecule has 140 valence electrons. The van der Waals surface area contributed by atoms with E-state index in [4.69, 9.17) is 4.74 Å². The van der Waals surface area contributed by atoms with Crippen molar-refractivity contribution in [3.05, 3.63) is 95.7 Å². The lowest BCUT2D eigenvalue weighted by Crippen LogP contribution is -2.43. The first-order valence-electron chi connectivity index (χ1n) is 9.33. The van der Waals surface area contributed by atoms with Crippen LogP contribution in [-0.4, -0.2) is 28.8 Å². The molecule has 28 heavy (non-hydrogen) atoms. The molecule has 4 nitrogen and oxygen atoms in total. The zero-order chi connectivity index (χ0) is 19.7. The molecule has 1 atom stereocenters. The van der Waals surface area contributed by atoms with Crippen LogP contribution in [0.1, 0.15) is 35.3 Å². The molecule has 2 aromatic carbocycles. The van der Waals surface area contributed by atoms with Crippen LogP contribution in [0.25, 0.3) is 11.3 Å². The van der Waals surface area contributed by atoms with E-state index in [0.717, 1.165) is 16.8 Å². The number of ether oxygens (including phenoxy) is 1. The second-order valence-electron chi connectivity index (χ2n) is 6.93. The highest BCUT2D eigenvalue weighted by Gasteiger charge is 2.48. The molecule has 2 aliphatic heterocycles. The van der Waals surface area contributed by atoms with Gasteiger partial charge in [-0.15, -0.1) is 0 Å². The molecule has 0 aliphatic carbocycles. The third-order valence-corrected chi connectivity index (χ3v) is 5.16. The van der Waals surface area contributed by atoms with Gasteiger partial charge in [-0.25, -0.2) is 4.79 Å². The standard InChI is InChI=1S/C24H21NO3/c1-3-28-23(27)19-13-11-17(12-14-19)20-21(18-9-5-4-6-10-18)25-16-8-7-15-24(25,2)22(20)26/h4-16H,3H2,1-2H3. The summed E-state index contributed by atoms with van der Waals surface area (Å²) in [6.07, 6.45) is 7.72. The maximum atomic E-state index is 13.5. The number of fused-ring (bicyclic) bond motifs is 1. The van der Waals surface area contributed by atoms with Gasteiger partial charge in [0, 0.05) is 6.20 Å². The highest BCUT2D eigenvalue weighted by molar-refractivity contribution is 6.35. The van der Waals surface area contributed by atoms with Crippen molar-refractivity contribution in [3.63, 3.8) is 0 Å². The summed E-state index contributed by atoms with van der Waals surface area (Å²) in [5.41, 5.74) is 3.01. The van der Waals surface area contributed by atoms with E-state index in [1.54, 1.807) is 19.1 Å². The molecule has 4 heteroatoms. The lowest BCUT2D eigenvalue weighted by molar-refractivity contribution is -0.118. The van der Waals surface area contributed by atoms with E-state index in [9.17, 15) is 9.59 Å². The van der Waals surface area contributed by atoms with Gasteiger partial charge in [0.1, 0.15) is 5.54 Å². The monoisotopic (exact) mass is 371 g/mol. The van der Waals surface area contributed by atoms with Gasteiger partial charge in [-0.3, -0.25) is 4.79 Å². The number of esters is 1. The number of hydrogen-bond donors (Lipinski definition) is 0. The van der Waals surface area contributed by atoms with Crippen LogP contribution in [0.3, 0.4) is 0 Å². The molecule has 0 spiro atoms. The zero-order valence-corrected chi connectivity index (χ0v) is 15.9. The Kier molecular flexibility index (Phi) is 4.47. The van der Waals surface area contributed by atoms with Crippen molar-refractivity contribution >= 4 is 23.0 Å². The molecule has 2 heterocycles. The largest absolute Gasteiger partial charge is 0.462 e. The minimum Gasteiger partial charge on any atom is -0.462 e. The first kappa shape index (κ1) is 18.0. The van der Waals surface area contributed by atoms with Crippen molar-refractivity contribution in [1.82, 2.24) is 4.90 Å². The lowest BCUT2D eigenvalue weighted by atomic mass is 9.89. The maximum Gasteiger partial charge on any atom is 0.338 e. The zero-order valence-electron chi connectivity index (χ0n) is 15.9. The van der Waals surface area contributed by atoms with Gasteiger partial charge in [0.05, 0.1) is 23.4 Å². The molecule has 2 aromatic rings. The molecule has 0 bridgehead atoms. The van der Waals surface area contributed by atoms with E-state index < -0.39 is 5.54 Å². The topological polar surface area (TPSA) is 46.6 Å². The van der Waals surface area contributed by atoms with Crippen molar-refractivity contribution in [3.8, 4) is 0 Å². The van der Waals surface area contributed by atoms with Crippen LogP contribution in [-0.2, 0) is 9.53 Å². The maximum absolute atomic E-state index is 13.5. The van der Waals surface area contributed by atoms with Crippen molar-refractivity contribution in [2.75, 3.05) is 6.61 Å². The summed E-state index contributed by atoms with van der Waals surface area (Å²) in [6.45, 7) is 4.03. The number of carbonyl (C=O) groups excluding carboxylic acids is 2. The van der Waals surface area contributed by atoms with Gasteiger partial charge in [-0.05, 0) is 43.2 Å². The van der Waals surface area contributed by atoms with Crippen LogP contribution < -0.4 is 0 Å². The molecule has 4 rings (SSSR count). The average Bonchev–Trinajstić information content (AvgIpc) is 2.96. The third-order valence-electron chi connectivity index (χ3n) is 5.16. The summed E-state index contributed by atoms with van der Waals surface area (Å²) in [5.74, 6) is -0.324. The Labute approximate surface area is 164 Å². The first-order chi connectivity index (χ1) is 13.6. The summed E-state index contributed by atoms with van der Waals surface area (Å²) in [4.78, 5) is 27.5. The van der Waals surface area contributed by atoms with E-state index in [1.165, 1.54) is 0 Å². The van der Waals surface area contributed by atoms with Crippen LogP contribution in [0.15, 0.2) is 79.0 Å². The molecule has 0 fully saturated rings. The summed E-state index contributed by atoms with van der Waals surface area (Å²) < 4.78 is 5.05.